The van der Waals surface area contributed by atoms with Crippen molar-refractivity contribution in [2.75, 3.05) is 24.7 Å². The summed E-state index contributed by atoms with van der Waals surface area (Å²) in [5.41, 5.74) is 8.72. The number of morpholine rings is 1. The van der Waals surface area contributed by atoms with Gasteiger partial charge in [0.05, 0.1) is 31.8 Å². The Bertz CT molecular complexity index is 1260. The smallest absolute Gasteiger partial charge is 0.357 e. The highest BCUT2D eigenvalue weighted by molar-refractivity contribution is 5.91. The molecule has 0 bridgehead atoms. The first kappa shape index (κ1) is 20.8. The van der Waals surface area contributed by atoms with E-state index < -0.39 is 11.7 Å². The van der Waals surface area contributed by atoms with Crippen molar-refractivity contribution in [3.8, 4) is 17.1 Å². The number of carboxylic acids is 1. The second kappa shape index (κ2) is 8.47. The molecule has 0 amide bonds. The first-order valence-corrected chi connectivity index (χ1v) is 10.4. The Labute approximate surface area is 188 Å². The number of carbonyl (C=O) groups is 1. The van der Waals surface area contributed by atoms with Gasteiger partial charge < -0.3 is 29.8 Å². The fourth-order valence-electron chi connectivity index (χ4n) is 4.17. The SMILES string of the molecule is C[C@@H]1COC[C@H]2COc3c(CN/C=C(\N=N)C(=O)O)nc(-c4ccnc5[nH]ccc45)nc3N21. The third-order valence-corrected chi connectivity index (χ3v) is 5.67. The van der Waals surface area contributed by atoms with Crippen molar-refractivity contribution in [2.45, 2.75) is 25.6 Å². The third-order valence-electron chi connectivity index (χ3n) is 5.67. The molecule has 5 rings (SSSR count). The Hall–Kier alpha value is -4.06. The number of nitrogens with one attached hydrogen (secondary N) is 3. The fourth-order valence-corrected chi connectivity index (χ4v) is 4.17. The molecular formula is C21H22N8O4. The summed E-state index contributed by atoms with van der Waals surface area (Å²) < 4.78 is 11.8. The summed E-state index contributed by atoms with van der Waals surface area (Å²) in [5, 5.41) is 15.9. The van der Waals surface area contributed by atoms with E-state index in [0.29, 0.717) is 42.9 Å². The van der Waals surface area contributed by atoms with Gasteiger partial charge in [-0.15, -0.1) is 5.11 Å². The number of hydrogen-bond donors (Lipinski definition) is 4. The highest BCUT2D eigenvalue weighted by Gasteiger charge is 2.37. The number of H-pyrrole nitrogens is 1. The normalized spacial score (nSPS) is 20.0. The Morgan fingerprint density at radius 1 is 1.39 bits per heavy atom. The maximum absolute atomic E-state index is 11.1. The van der Waals surface area contributed by atoms with Gasteiger partial charge in [0.1, 0.15) is 17.9 Å². The summed E-state index contributed by atoms with van der Waals surface area (Å²) in [6, 6.07) is 3.92. The molecule has 0 aliphatic carbocycles. The summed E-state index contributed by atoms with van der Waals surface area (Å²) in [5.74, 6) is 0.435. The topological polar surface area (TPSA) is 162 Å². The van der Waals surface area contributed by atoms with Crippen molar-refractivity contribution in [2.24, 2.45) is 5.11 Å². The van der Waals surface area contributed by atoms with Crippen molar-refractivity contribution in [3.63, 3.8) is 0 Å². The van der Waals surface area contributed by atoms with Gasteiger partial charge in [-0.2, -0.15) is 0 Å². The van der Waals surface area contributed by atoms with Crippen molar-refractivity contribution in [3.05, 3.63) is 42.1 Å². The predicted molar refractivity (Wildman–Crippen MR) is 117 cm³/mol. The zero-order chi connectivity index (χ0) is 22.9. The first-order chi connectivity index (χ1) is 16.1. The van der Waals surface area contributed by atoms with Crippen LogP contribution in [-0.4, -0.2) is 62.9 Å². The second-order valence-corrected chi connectivity index (χ2v) is 7.83. The Kier molecular flexibility index (Phi) is 5.34. The number of nitrogens with zero attached hydrogens (tertiary/aromatic N) is 5. The summed E-state index contributed by atoms with van der Waals surface area (Å²) in [6.07, 6.45) is 4.68. The molecule has 170 valence electrons. The minimum absolute atomic E-state index is 0.0372. The number of aliphatic carboxylic acids is 1. The van der Waals surface area contributed by atoms with E-state index in [1.54, 1.807) is 6.20 Å². The molecular weight excluding hydrogens is 428 g/mol. The van der Waals surface area contributed by atoms with E-state index in [0.717, 1.165) is 16.6 Å². The largest absolute Gasteiger partial charge is 0.486 e. The van der Waals surface area contributed by atoms with Crippen LogP contribution in [0.3, 0.4) is 0 Å². The summed E-state index contributed by atoms with van der Waals surface area (Å²) in [4.78, 5) is 30.5. The molecule has 0 unspecified atom stereocenters. The van der Waals surface area contributed by atoms with Crippen molar-refractivity contribution in [1.82, 2.24) is 25.3 Å². The summed E-state index contributed by atoms with van der Waals surface area (Å²) in [7, 11) is 0. The van der Waals surface area contributed by atoms with Crippen LogP contribution in [0.1, 0.15) is 12.6 Å². The van der Waals surface area contributed by atoms with Crippen LogP contribution in [-0.2, 0) is 16.1 Å². The van der Waals surface area contributed by atoms with Gasteiger partial charge in [0.2, 0.25) is 0 Å². The van der Waals surface area contributed by atoms with Gasteiger partial charge in [0, 0.05) is 29.5 Å². The van der Waals surface area contributed by atoms with Crippen LogP contribution < -0.4 is 15.0 Å². The lowest BCUT2D eigenvalue weighted by Crippen LogP contribution is -2.56. The lowest BCUT2D eigenvalue weighted by molar-refractivity contribution is -0.132. The highest BCUT2D eigenvalue weighted by Crippen LogP contribution is 2.39. The molecule has 3 aromatic heterocycles. The number of hydrogen-bond acceptors (Lipinski definition) is 10. The maximum Gasteiger partial charge on any atom is 0.357 e. The number of carboxylic acid groups (broad SMARTS) is 1. The predicted octanol–water partition coefficient (Wildman–Crippen LogP) is 2.05. The summed E-state index contributed by atoms with van der Waals surface area (Å²) in [6.45, 7) is 3.80. The molecule has 2 aliphatic rings. The molecule has 12 heteroatoms. The van der Waals surface area contributed by atoms with Crippen molar-refractivity contribution >= 4 is 22.8 Å². The van der Waals surface area contributed by atoms with E-state index in [9.17, 15) is 4.79 Å². The van der Waals surface area contributed by atoms with Crippen LogP contribution in [0.15, 0.2) is 41.5 Å². The standard InChI is InChI=1S/C21H22N8O4/c1-11-8-32-9-12-10-33-17-15(6-23-7-16(28-22)21(30)31)26-19(27-20(17)29(11)12)14-3-5-25-18-13(14)2-4-24-18/h2-5,7,11-12,22-23H,6,8-10H2,1H3,(H,24,25)(H,30,31)/b16-7-,28-22?/t11-,12+/m1/s1. The Morgan fingerprint density at radius 2 is 2.27 bits per heavy atom. The molecule has 0 radical (unpaired) electrons. The van der Waals surface area contributed by atoms with Crippen LogP contribution >= 0.6 is 0 Å². The zero-order valence-corrected chi connectivity index (χ0v) is 17.8. The fraction of sp³-hybridized carbons (Fsp3) is 0.333. The van der Waals surface area contributed by atoms with Gasteiger partial charge in [0.15, 0.2) is 23.1 Å². The minimum atomic E-state index is -1.30. The van der Waals surface area contributed by atoms with E-state index in [2.05, 4.69) is 32.2 Å². The molecule has 33 heavy (non-hydrogen) atoms. The van der Waals surface area contributed by atoms with Gasteiger partial charge in [-0.25, -0.2) is 25.3 Å². The monoisotopic (exact) mass is 450 g/mol. The van der Waals surface area contributed by atoms with E-state index >= 15 is 0 Å². The molecule has 1 saturated heterocycles. The number of pyridine rings is 1. The van der Waals surface area contributed by atoms with E-state index in [1.807, 2.05) is 18.3 Å². The Balaban J connectivity index is 1.61. The van der Waals surface area contributed by atoms with Gasteiger partial charge >= 0.3 is 5.97 Å². The average molecular weight is 450 g/mol. The zero-order valence-electron chi connectivity index (χ0n) is 17.8. The van der Waals surface area contributed by atoms with E-state index in [1.165, 1.54) is 6.20 Å². The molecule has 2 atom stereocenters. The average Bonchev–Trinajstić information content (AvgIpc) is 3.30. The van der Waals surface area contributed by atoms with Crippen LogP contribution in [0.4, 0.5) is 5.82 Å². The third kappa shape index (κ3) is 3.74. The number of aromatic amines is 1. The molecule has 4 N–H and O–H groups in total. The molecule has 1 fully saturated rings. The maximum atomic E-state index is 11.1. The molecule has 3 aromatic rings. The first-order valence-electron chi connectivity index (χ1n) is 10.4. The van der Waals surface area contributed by atoms with Crippen LogP contribution in [0.2, 0.25) is 0 Å². The van der Waals surface area contributed by atoms with Gasteiger partial charge in [-0.1, -0.05) is 0 Å². The van der Waals surface area contributed by atoms with Crippen molar-refractivity contribution < 1.29 is 19.4 Å². The van der Waals surface area contributed by atoms with E-state index in [-0.39, 0.29) is 18.6 Å². The molecule has 0 saturated carbocycles. The van der Waals surface area contributed by atoms with Gasteiger partial charge in [-0.3, -0.25) is 0 Å². The van der Waals surface area contributed by atoms with Gasteiger partial charge in [0.25, 0.3) is 0 Å². The molecule has 0 aromatic carbocycles. The number of rotatable bonds is 6. The van der Waals surface area contributed by atoms with Gasteiger partial charge in [-0.05, 0) is 19.1 Å². The van der Waals surface area contributed by atoms with E-state index in [4.69, 9.17) is 30.1 Å². The number of aromatic nitrogens is 4. The number of ether oxygens (including phenoxy) is 2. The number of fused-ring (bicyclic) bond motifs is 4. The Morgan fingerprint density at radius 3 is 3.09 bits per heavy atom. The quantitative estimate of drug-likeness (QED) is 0.325. The number of anilines is 1. The lowest BCUT2D eigenvalue weighted by Gasteiger charge is -2.44. The molecule has 0 spiro atoms. The minimum Gasteiger partial charge on any atom is -0.486 e. The molecule has 5 heterocycles. The molecule has 12 nitrogen and oxygen atoms in total. The molecule has 2 aliphatic heterocycles. The summed E-state index contributed by atoms with van der Waals surface area (Å²) >= 11 is 0. The van der Waals surface area contributed by atoms with Crippen LogP contribution in [0, 0.1) is 5.53 Å². The highest BCUT2D eigenvalue weighted by atomic mass is 16.5. The van der Waals surface area contributed by atoms with Crippen molar-refractivity contribution in [1.29, 1.82) is 5.53 Å². The van der Waals surface area contributed by atoms with Crippen LogP contribution in [0.5, 0.6) is 5.75 Å². The van der Waals surface area contributed by atoms with Crippen LogP contribution in [0.25, 0.3) is 22.4 Å². The second-order valence-electron chi connectivity index (χ2n) is 7.83. The lowest BCUT2D eigenvalue weighted by atomic mass is 10.1.